The molecule has 0 fully saturated rings. The van der Waals surface area contributed by atoms with Gasteiger partial charge in [0.1, 0.15) is 5.75 Å². The first-order valence-corrected chi connectivity index (χ1v) is 6.35. The number of carbonyl (C=O) groups excluding carboxylic acids is 1. The number of methoxy groups -OCH3 is 1. The summed E-state index contributed by atoms with van der Waals surface area (Å²) in [7, 11) is 1.63. The average molecular weight is 267 g/mol. The first kappa shape index (κ1) is 15.5. The number of hydrogen-bond acceptors (Lipinski definition) is 5. The van der Waals surface area contributed by atoms with Crippen LogP contribution in [0.3, 0.4) is 0 Å². The summed E-state index contributed by atoms with van der Waals surface area (Å²) in [6.45, 7) is 3.23. The lowest BCUT2D eigenvalue weighted by molar-refractivity contribution is -0.153. The third kappa shape index (κ3) is 5.72. The van der Waals surface area contributed by atoms with E-state index in [1.807, 2.05) is 24.3 Å². The second-order valence-corrected chi connectivity index (χ2v) is 4.08. The van der Waals surface area contributed by atoms with Gasteiger partial charge in [-0.25, -0.2) is 4.79 Å². The van der Waals surface area contributed by atoms with Gasteiger partial charge in [-0.15, -0.1) is 0 Å². The normalized spacial score (nSPS) is 11.9. The number of ether oxygens (including phenoxy) is 2. The van der Waals surface area contributed by atoms with Gasteiger partial charge in [-0.05, 0) is 37.6 Å². The van der Waals surface area contributed by atoms with Gasteiger partial charge in [0.15, 0.2) is 6.10 Å². The van der Waals surface area contributed by atoms with Gasteiger partial charge in [0.05, 0.1) is 13.7 Å². The number of carbonyl (C=O) groups is 1. The number of aliphatic hydroxyl groups excluding tert-OH is 1. The second-order valence-electron chi connectivity index (χ2n) is 4.08. The van der Waals surface area contributed by atoms with Crippen LogP contribution in [0.25, 0.3) is 0 Å². The smallest absolute Gasteiger partial charge is 0.334 e. The van der Waals surface area contributed by atoms with Gasteiger partial charge in [-0.2, -0.15) is 0 Å². The van der Waals surface area contributed by atoms with E-state index in [1.165, 1.54) is 0 Å². The van der Waals surface area contributed by atoms with Crippen LogP contribution in [0.5, 0.6) is 5.75 Å². The van der Waals surface area contributed by atoms with Crippen molar-refractivity contribution in [3.63, 3.8) is 0 Å². The van der Waals surface area contributed by atoms with Crippen LogP contribution in [-0.2, 0) is 16.1 Å². The van der Waals surface area contributed by atoms with Gasteiger partial charge in [0, 0.05) is 6.54 Å². The van der Waals surface area contributed by atoms with Crippen molar-refractivity contribution in [1.82, 2.24) is 5.32 Å². The highest BCUT2D eigenvalue weighted by molar-refractivity contribution is 5.74. The molecule has 0 saturated heterocycles. The van der Waals surface area contributed by atoms with E-state index in [0.29, 0.717) is 19.5 Å². The molecule has 1 unspecified atom stereocenters. The fourth-order valence-corrected chi connectivity index (χ4v) is 1.57. The minimum atomic E-state index is -1.05. The number of aliphatic hydroxyl groups is 1. The van der Waals surface area contributed by atoms with Gasteiger partial charge in [0.2, 0.25) is 0 Å². The van der Waals surface area contributed by atoms with Crippen LogP contribution in [0.15, 0.2) is 24.3 Å². The van der Waals surface area contributed by atoms with E-state index >= 15 is 0 Å². The lowest BCUT2D eigenvalue weighted by Crippen LogP contribution is -2.27. The number of benzene rings is 1. The average Bonchev–Trinajstić information content (AvgIpc) is 2.44. The molecule has 5 heteroatoms. The van der Waals surface area contributed by atoms with E-state index in [9.17, 15) is 9.90 Å². The Bertz CT molecular complexity index is 378. The number of rotatable bonds is 8. The third-order valence-corrected chi connectivity index (χ3v) is 2.64. The summed E-state index contributed by atoms with van der Waals surface area (Å²) < 4.78 is 9.78. The van der Waals surface area contributed by atoms with Crippen LogP contribution in [0.4, 0.5) is 0 Å². The van der Waals surface area contributed by atoms with E-state index in [2.05, 4.69) is 5.32 Å². The van der Waals surface area contributed by atoms with Crippen LogP contribution in [0.1, 0.15) is 18.9 Å². The molecule has 1 atom stereocenters. The number of hydrogen-bond donors (Lipinski definition) is 2. The van der Waals surface area contributed by atoms with Crippen molar-refractivity contribution in [3.8, 4) is 5.75 Å². The molecule has 0 bridgehead atoms. The zero-order valence-electron chi connectivity index (χ0n) is 11.4. The standard InChI is InChI=1S/C14H21NO4/c1-3-19-14(17)13(16)8-9-15-10-11-4-6-12(18-2)7-5-11/h4-7,13,15-16H,3,8-10H2,1-2H3. The van der Waals surface area contributed by atoms with E-state index in [-0.39, 0.29) is 6.61 Å². The van der Waals surface area contributed by atoms with Crippen LogP contribution in [0.2, 0.25) is 0 Å². The molecule has 0 spiro atoms. The first-order chi connectivity index (χ1) is 9.17. The van der Waals surface area contributed by atoms with Gasteiger partial charge in [-0.3, -0.25) is 0 Å². The van der Waals surface area contributed by atoms with E-state index in [4.69, 9.17) is 9.47 Å². The molecule has 1 aromatic rings. The minimum absolute atomic E-state index is 0.287. The summed E-state index contributed by atoms with van der Waals surface area (Å²) in [5.41, 5.74) is 1.12. The summed E-state index contributed by atoms with van der Waals surface area (Å²) >= 11 is 0. The third-order valence-electron chi connectivity index (χ3n) is 2.64. The molecule has 1 rings (SSSR count). The van der Waals surface area contributed by atoms with E-state index in [0.717, 1.165) is 11.3 Å². The fourth-order valence-electron chi connectivity index (χ4n) is 1.57. The van der Waals surface area contributed by atoms with Gasteiger partial charge < -0.3 is 19.9 Å². The van der Waals surface area contributed by atoms with Crippen molar-refractivity contribution in [3.05, 3.63) is 29.8 Å². The highest BCUT2D eigenvalue weighted by Gasteiger charge is 2.14. The van der Waals surface area contributed by atoms with Crippen LogP contribution in [-0.4, -0.2) is 37.4 Å². The highest BCUT2D eigenvalue weighted by atomic mass is 16.5. The Balaban J connectivity index is 2.21. The Labute approximate surface area is 113 Å². The summed E-state index contributed by atoms with van der Waals surface area (Å²) in [6.07, 6.45) is -0.710. The monoisotopic (exact) mass is 267 g/mol. The predicted octanol–water partition coefficient (Wildman–Crippen LogP) is 1.10. The molecule has 0 aliphatic carbocycles. The van der Waals surface area contributed by atoms with Crippen molar-refractivity contribution in [2.75, 3.05) is 20.3 Å². The van der Waals surface area contributed by atoms with Crippen LogP contribution in [0, 0.1) is 0 Å². The maximum absolute atomic E-state index is 11.2. The SMILES string of the molecule is CCOC(=O)C(O)CCNCc1ccc(OC)cc1. The largest absolute Gasteiger partial charge is 0.497 e. The Morgan fingerprint density at radius 2 is 2.05 bits per heavy atom. The highest BCUT2D eigenvalue weighted by Crippen LogP contribution is 2.10. The maximum atomic E-state index is 11.2. The summed E-state index contributed by atoms with van der Waals surface area (Å²) in [5.74, 6) is 0.259. The zero-order chi connectivity index (χ0) is 14.1. The summed E-state index contributed by atoms with van der Waals surface area (Å²) in [4.78, 5) is 11.2. The molecule has 5 nitrogen and oxygen atoms in total. The lowest BCUT2D eigenvalue weighted by Gasteiger charge is -2.10. The van der Waals surface area contributed by atoms with Crippen molar-refractivity contribution in [2.24, 2.45) is 0 Å². The molecule has 0 radical (unpaired) electrons. The Morgan fingerprint density at radius 3 is 2.63 bits per heavy atom. The summed E-state index contributed by atoms with van der Waals surface area (Å²) in [6, 6.07) is 7.72. The van der Waals surface area contributed by atoms with E-state index < -0.39 is 12.1 Å². The predicted molar refractivity (Wildman–Crippen MR) is 72.0 cm³/mol. The molecule has 0 aliphatic heterocycles. The molecule has 1 aromatic carbocycles. The topological polar surface area (TPSA) is 67.8 Å². The van der Waals surface area contributed by atoms with Crippen molar-refractivity contribution in [2.45, 2.75) is 26.0 Å². The maximum Gasteiger partial charge on any atom is 0.334 e. The van der Waals surface area contributed by atoms with Crippen molar-refractivity contribution < 1.29 is 19.4 Å². The molecule has 0 amide bonds. The van der Waals surface area contributed by atoms with Crippen LogP contribution < -0.4 is 10.1 Å². The first-order valence-electron chi connectivity index (χ1n) is 6.35. The molecule has 0 heterocycles. The molecule has 0 aliphatic rings. The Kier molecular flexibility index (Phi) is 6.92. The zero-order valence-corrected chi connectivity index (χ0v) is 11.4. The number of esters is 1. The molecule has 19 heavy (non-hydrogen) atoms. The van der Waals surface area contributed by atoms with Crippen molar-refractivity contribution >= 4 is 5.97 Å². The molecule has 0 aromatic heterocycles. The fraction of sp³-hybridized carbons (Fsp3) is 0.500. The van der Waals surface area contributed by atoms with Crippen LogP contribution >= 0.6 is 0 Å². The van der Waals surface area contributed by atoms with Gasteiger partial charge in [0.25, 0.3) is 0 Å². The minimum Gasteiger partial charge on any atom is -0.497 e. The number of nitrogens with one attached hydrogen (secondary N) is 1. The second kappa shape index (κ2) is 8.50. The molecular weight excluding hydrogens is 246 g/mol. The summed E-state index contributed by atoms with van der Waals surface area (Å²) in [5, 5.41) is 12.6. The van der Waals surface area contributed by atoms with Gasteiger partial charge in [-0.1, -0.05) is 12.1 Å². The molecule has 2 N–H and O–H groups in total. The Morgan fingerprint density at radius 1 is 1.37 bits per heavy atom. The van der Waals surface area contributed by atoms with Gasteiger partial charge >= 0.3 is 5.97 Å². The molecule has 0 saturated carbocycles. The molecular formula is C14H21NO4. The lowest BCUT2D eigenvalue weighted by atomic mass is 10.2. The quantitative estimate of drug-likeness (QED) is 0.545. The van der Waals surface area contributed by atoms with Crippen molar-refractivity contribution in [1.29, 1.82) is 0 Å². The Hall–Kier alpha value is -1.59. The molecule has 106 valence electrons. The van der Waals surface area contributed by atoms with E-state index in [1.54, 1.807) is 14.0 Å².